The largest absolute Gasteiger partial charge is 0.340 e. The number of aryl methyl sites for hydroxylation is 5. The molecule has 0 saturated carbocycles. The maximum Gasteiger partial charge on any atom is 0.295 e. The van der Waals surface area contributed by atoms with E-state index in [4.69, 9.17) is 10.2 Å². The predicted molar refractivity (Wildman–Crippen MR) is 142 cm³/mol. The number of hydrogen-bond acceptors (Lipinski definition) is 9. The molecule has 3 rings (SSSR count). The molecule has 1 heterocycles. The number of benzene rings is 2. The van der Waals surface area contributed by atoms with Crippen molar-refractivity contribution < 1.29 is 27.6 Å². The zero-order chi connectivity index (χ0) is 26.9. The van der Waals surface area contributed by atoms with Gasteiger partial charge >= 0.3 is 0 Å². The number of rotatable bonds is 8. The first-order valence-corrected chi connectivity index (χ1v) is 13.3. The summed E-state index contributed by atoms with van der Waals surface area (Å²) >= 11 is 0.911. The van der Waals surface area contributed by atoms with E-state index < -0.39 is 10.1 Å². The van der Waals surface area contributed by atoms with Gasteiger partial charge in [0.05, 0.1) is 12.0 Å². The lowest BCUT2D eigenvalue weighted by atomic mass is 10.0. The molecular formula is C25H31N3O6S2. The molecule has 1 aromatic heterocycles. The van der Waals surface area contributed by atoms with E-state index in [-0.39, 0.29) is 4.90 Å². The number of anilines is 4. The topological polar surface area (TPSA) is 130 Å². The van der Waals surface area contributed by atoms with Crippen molar-refractivity contribution in [1.29, 1.82) is 0 Å². The number of hydrogen-bond donors (Lipinski definition) is 4. The first-order chi connectivity index (χ1) is 16.8. The molecule has 0 atom stereocenters. The van der Waals surface area contributed by atoms with E-state index in [1.54, 1.807) is 19.9 Å². The van der Waals surface area contributed by atoms with Gasteiger partial charge in [-0.1, -0.05) is 17.2 Å². The molecule has 0 aliphatic rings. The van der Waals surface area contributed by atoms with Crippen LogP contribution in [0.25, 0.3) is 0 Å². The number of nitrogens with zero attached hydrogens (tertiary/aromatic N) is 1. The average Bonchev–Trinajstić information content (AvgIpc) is 2.75. The van der Waals surface area contributed by atoms with E-state index in [2.05, 4.69) is 20.0 Å². The summed E-state index contributed by atoms with van der Waals surface area (Å²) < 4.78 is 38.5. The third-order valence-electron chi connectivity index (χ3n) is 6.24. The summed E-state index contributed by atoms with van der Waals surface area (Å²) in [5.41, 5.74) is 7.86. The van der Waals surface area contributed by atoms with Gasteiger partial charge in [-0.25, -0.2) is 10.2 Å². The van der Waals surface area contributed by atoms with Crippen LogP contribution in [0, 0.1) is 55.4 Å². The highest BCUT2D eigenvalue weighted by Crippen LogP contribution is 2.37. The van der Waals surface area contributed by atoms with Crippen LogP contribution in [0.2, 0.25) is 0 Å². The molecule has 0 radical (unpaired) electrons. The molecule has 0 unspecified atom stereocenters. The molecule has 0 amide bonds. The molecule has 3 aromatic rings. The quantitative estimate of drug-likeness (QED) is 0.107. The van der Waals surface area contributed by atoms with Crippen molar-refractivity contribution in [2.45, 2.75) is 65.2 Å². The van der Waals surface area contributed by atoms with Gasteiger partial charge < -0.3 is 10.6 Å². The van der Waals surface area contributed by atoms with Gasteiger partial charge in [-0.15, -0.1) is 4.33 Å². The zero-order valence-electron chi connectivity index (χ0n) is 21.5. The van der Waals surface area contributed by atoms with Crippen molar-refractivity contribution in [3.05, 3.63) is 62.7 Å². The lowest BCUT2D eigenvalue weighted by Crippen LogP contribution is -2.10. The van der Waals surface area contributed by atoms with E-state index in [1.165, 1.54) is 0 Å². The van der Waals surface area contributed by atoms with Crippen LogP contribution in [-0.2, 0) is 19.5 Å². The van der Waals surface area contributed by atoms with Crippen molar-refractivity contribution in [2.75, 3.05) is 10.6 Å². The second kappa shape index (κ2) is 10.8. The fraction of sp³-hybridized carbons (Fsp3) is 0.320. The molecule has 4 N–H and O–H groups in total. The minimum absolute atomic E-state index is 0.107. The van der Waals surface area contributed by atoms with Crippen LogP contribution < -0.4 is 10.6 Å². The number of aromatic nitrogens is 1. The van der Waals surface area contributed by atoms with Crippen LogP contribution in [-0.4, -0.2) is 23.2 Å². The first kappa shape index (κ1) is 27.9. The van der Waals surface area contributed by atoms with Gasteiger partial charge in [0.15, 0.2) is 0 Å². The standard InChI is InChI=1S/C25H31N3O6S2/c1-12-11-20(26-21-13(2)9-15(4)23(18(21)7)35-34-33-29)27-25(17(12)6)28-22-14(3)10-16(5)24(19(22)8)36(30,31)32/h9-11,29H,1-8H3,(H2,26,27,28)(H,30,31,32). The Labute approximate surface area is 216 Å². The van der Waals surface area contributed by atoms with Gasteiger partial charge in [-0.2, -0.15) is 8.42 Å². The lowest BCUT2D eigenvalue weighted by Gasteiger charge is -2.21. The Kier molecular flexibility index (Phi) is 8.33. The minimum Gasteiger partial charge on any atom is -0.340 e. The fourth-order valence-electron chi connectivity index (χ4n) is 4.46. The summed E-state index contributed by atoms with van der Waals surface area (Å²) in [4.78, 5) is 5.47. The number of pyridine rings is 1. The highest BCUT2D eigenvalue weighted by atomic mass is 32.2. The highest BCUT2D eigenvalue weighted by Gasteiger charge is 2.22. The zero-order valence-corrected chi connectivity index (χ0v) is 23.2. The van der Waals surface area contributed by atoms with Crippen LogP contribution in [0.1, 0.15) is 44.5 Å². The normalized spacial score (nSPS) is 11.6. The van der Waals surface area contributed by atoms with E-state index in [9.17, 15) is 13.0 Å². The molecule has 0 spiro atoms. The maximum absolute atomic E-state index is 12.0. The molecule has 11 heteroatoms. The SMILES string of the molecule is Cc1cc(Nc2c(C)cc(C)c(SOOO)c2C)nc(Nc2c(C)cc(C)c(S(=O)(=O)O)c2C)c1C. The Bertz CT molecular complexity index is 1440. The van der Waals surface area contributed by atoms with Crippen molar-refractivity contribution in [2.24, 2.45) is 0 Å². The van der Waals surface area contributed by atoms with E-state index in [0.29, 0.717) is 28.5 Å². The molecule has 0 aliphatic carbocycles. The average molecular weight is 534 g/mol. The molecule has 0 saturated heterocycles. The number of nitrogens with one attached hydrogen (secondary N) is 2. The van der Waals surface area contributed by atoms with Crippen LogP contribution in [0.5, 0.6) is 0 Å². The van der Waals surface area contributed by atoms with Gasteiger partial charge in [0.2, 0.25) is 0 Å². The summed E-state index contributed by atoms with van der Waals surface area (Å²) in [6, 6.07) is 5.64. The van der Waals surface area contributed by atoms with E-state index in [1.807, 2.05) is 53.7 Å². The lowest BCUT2D eigenvalue weighted by molar-refractivity contribution is -0.432. The Morgan fingerprint density at radius 2 is 1.36 bits per heavy atom. The maximum atomic E-state index is 12.0. The molecule has 9 nitrogen and oxygen atoms in total. The Morgan fingerprint density at radius 1 is 0.778 bits per heavy atom. The minimum atomic E-state index is -4.40. The summed E-state index contributed by atoms with van der Waals surface area (Å²) in [6.45, 7) is 14.9. The molecule has 0 bridgehead atoms. The fourth-order valence-corrected chi connectivity index (χ4v) is 5.93. The van der Waals surface area contributed by atoms with Gasteiger partial charge in [0.25, 0.3) is 10.1 Å². The van der Waals surface area contributed by atoms with Crippen LogP contribution in [0.15, 0.2) is 28.0 Å². The van der Waals surface area contributed by atoms with Gasteiger partial charge in [0.1, 0.15) is 16.5 Å². The Morgan fingerprint density at radius 3 is 1.94 bits per heavy atom. The third kappa shape index (κ3) is 5.66. The Balaban J connectivity index is 2.08. The van der Waals surface area contributed by atoms with Crippen molar-refractivity contribution >= 4 is 45.2 Å². The molecule has 0 aliphatic heterocycles. The summed E-state index contributed by atoms with van der Waals surface area (Å²) in [5.74, 6) is 1.14. The van der Waals surface area contributed by atoms with E-state index >= 15 is 0 Å². The van der Waals surface area contributed by atoms with Crippen molar-refractivity contribution in [3.8, 4) is 0 Å². The summed E-state index contributed by atoms with van der Waals surface area (Å²) in [7, 11) is -4.40. The molecule has 194 valence electrons. The highest BCUT2D eigenvalue weighted by molar-refractivity contribution is 7.94. The van der Waals surface area contributed by atoms with Gasteiger partial charge in [-0.05, 0) is 106 Å². The van der Waals surface area contributed by atoms with Crippen molar-refractivity contribution in [3.63, 3.8) is 0 Å². The second-order valence-electron chi connectivity index (χ2n) is 8.93. The molecule has 2 aromatic carbocycles. The molecule has 36 heavy (non-hydrogen) atoms. The second-order valence-corrected chi connectivity index (χ2v) is 11.0. The van der Waals surface area contributed by atoms with Gasteiger partial charge in [0, 0.05) is 16.3 Å². The Hall–Kier alpha value is -2.67. The van der Waals surface area contributed by atoms with Crippen LogP contribution in [0.3, 0.4) is 0 Å². The third-order valence-corrected chi connectivity index (χ3v) is 8.30. The summed E-state index contributed by atoms with van der Waals surface area (Å²) in [6.07, 6.45) is 0. The van der Waals surface area contributed by atoms with Crippen LogP contribution >= 0.6 is 12.0 Å². The van der Waals surface area contributed by atoms with E-state index in [0.717, 1.165) is 56.0 Å². The van der Waals surface area contributed by atoms with Crippen molar-refractivity contribution in [1.82, 2.24) is 4.98 Å². The van der Waals surface area contributed by atoms with Gasteiger partial charge in [-0.3, -0.25) is 4.55 Å². The summed E-state index contributed by atoms with van der Waals surface area (Å²) in [5, 5.41) is 19.0. The molecular weight excluding hydrogens is 502 g/mol. The predicted octanol–water partition coefficient (Wildman–Crippen LogP) is 6.71. The van der Waals surface area contributed by atoms with Crippen LogP contribution in [0.4, 0.5) is 23.0 Å². The smallest absolute Gasteiger partial charge is 0.295 e. The monoisotopic (exact) mass is 533 g/mol. The first-order valence-electron chi connectivity index (χ1n) is 11.1. The molecule has 0 fully saturated rings.